The summed E-state index contributed by atoms with van der Waals surface area (Å²) in [7, 11) is 1.60. The van der Waals surface area contributed by atoms with Crippen LogP contribution in [0.1, 0.15) is 5.56 Å². The van der Waals surface area contributed by atoms with Gasteiger partial charge in [0.2, 0.25) is 5.91 Å². The highest BCUT2D eigenvalue weighted by atomic mass is 32.2. The Balaban J connectivity index is 2.43. The van der Waals surface area contributed by atoms with Crippen molar-refractivity contribution in [1.82, 2.24) is 5.32 Å². The van der Waals surface area contributed by atoms with Crippen LogP contribution in [0, 0.1) is 0 Å². The van der Waals surface area contributed by atoms with Gasteiger partial charge in [-0.2, -0.15) is 0 Å². The second-order valence-corrected chi connectivity index (χ2v) is 5.30. The zero-order valence-corrected chi connectivity index (χ0v) is 12.2. The van der Waals surface area contributed by atoms with Crippen LogP contribution in [-0.4, -0.2) is 48.2 Å². The molecule has 1 unspecified atom stereocenters. The molecule has 0 radical (unpaired) electrons. The standard InChI is InChI=1S/C14H19NO4S/c1-19-7-8-20-10-13(16)15-12(14(17)18)9-11-5-3-2-4-6-11/h2-6,12H,7-10H2,1H3,(H,15,16)(H,17,18). The molecule has 0 saturated heterocycles. The molecule has 1 aromatic rings. The van der Waals surface area contributed by atoms with Crippen molar-refractivity contribution in [2.45, 2.75) is 12.5 Å². The maximum atomic E-state index is 11.7. The van der Waals surface area contributed by atoms with Gasteiger partial charge in [-0.1, -0.05) is 30.3 Å². The lowest BCUT2D eigenvalue weighted by Gasteiger charge is -2.14. The van der Waals surface area contributed by atoms with E-state index in [2.05, 4.69) is 5.32 Å². The number of rotatable bonds is 9. The van der Waals surface area contributed by atoms with Gasteiger partial charge in [-0.05, 0) is 5.56 Å². The van der Waals surface area contributed by atoms with E-state index in [-0.39, 0.29) is 18.1 Å². The van der Waals surface area contributed by atoms with Gasteiger partial charge in [-0.15, -0.1) is 11.8 Å². The first-order valence-electron chi connectivity index (χ1n) is 6.26. The van der Waals surface area contributed by atoms with Gasteiger partial charge in [0.05, 0.1) is 12.4 Å². The Kier molecular flexibility index (Phi) is 7.75. The summed E-state index contributed by atoms with van der Waals surface area (Å²) >= 11 is 1.42. The largest absolute Gasteiger partial charge is 0.480 e. The number of methoxy groups -OCH3 is 1. The lowest BCUT2D eigenvalue weighted by molar-refractivity contribution is -0.141. The molecule has 20 heavy (non-hydrogen) atoms. The number of carbonyl (C=O) groups excluding carboxylic acids is 1. The summed E-state index contributed by atoms with van der Waals surface area (Å²) in [6, 6.07) is 8.34. The fourth-order valence-electron chi connectivity index (χ4n) is 1.59. The molecule has 0 bridgehead atoms. The van der Waals surface area contributed by atoms with E-state index in [1.165, 1.54) is 11.8 Å². The lowest BCUT2D eigenvalue weighted by Crippen LogP contribution is -2.43. The first-order chi connectivity index (χ1) is 9.63. The summed E-state index contributed by atoms with van der Waals surface area (Å²) in [5.74, 6) is -0.346. The van der Waals surface area contributed by atoms with E-state index in [1.54, 1.807) is 7.11 Å². The summed E-state index contributed by atoms with van der Waals surface area (Å²) in [6.07, 6.45) is 0.282. The van der Waals surface area contributed by atoms with Crippen molar-refractivity contribution in [3.63, 3.8) is 0 Å². The smallest absolute Gasteiger partial charge is 0.326 e. The molecule has 0 heterocycles. The summed E-state index contributed by atoms with van der Waals surface area (Å²) in [5.41, 5.74) is 0.882. The molecule has 0 aromatic heterocycles. The number of aliphatic carboxylic acids is 1. The van der Waals surface area contributed by atoms with E-state index >= 15 is 0 Å². The fourth-order valence-corrected chi connectivity index (χ4v) is 2.29. The molecular weight excluding hydrogens is 278 g/mol. The van der Waals surface area contributed by atoms with E-state index in [0.717, 1.165) is 5.56 Å². The first-order valence-corrected chi connectivity index (χ1v) is 7.41. The first kappa shape index (κ1) is 16.5. The third-order valence-corrected chi connectivity index (χ3v) is 3.50. The third-order valence-electron chi connectivity index (χ3n) is 2.58. The SMILES string of the molecule is COCCSCC(=O)NC(Cc1ccccc1)C(=O)O. The van der Waals surface area contributed by atoms with Gasteiger partial charge in [0.1, 0.15) is 6.04 Å². The molecule has 0 fully saturated rings. The van der Waals surface area contributed by atoms with Crippen LogP contribution >= 0.6 is 11.8 Å². The molecule has 6 heteroatoms. The van der Waals surface area contributed by atoms with Crippen molar-refractivity contribution < 1.29 is 19.4 Å². The lowest BCUT2D eigenvalue weighted by atomic mass is 10.1. The van der Waals surface area contributed by atoms with Crippen molar-refractivity contribution in [1.29, 1.82) is 0 Å². The maximum Gasteiger partial charge on any atom is 0.326 e. The summed E-state index contributed by atoms with van der Waals surface area (Å²) in [5, 5.41) is 11.7. The highest BCUT2D eigenvalue weighted by molar-refractivity contribution is 7.99. The number of hydrogen-bond acceptors (Lipinski definition) is 4. The van der Waals surface area contributed by atoms with Gasteiger partial charge in [0.15, 0.2) is 0 Å². The zero-order valence-electron chi connectivity index (χ0n) is 11.4. The number of amides is 1. The molecule has 1 aromatic carbocycles. The van der Waals surface area contributed by atoms with Crippen LogP contribution in [0.2, 0.25) is 0 Å². The molecule has 0 spiro atoms. The highest BCUT2D eigenvalue weighted by Crippen LogP contribution is 2.05. The summed E-state index contributed by atoms with van der Waals surface area (Å²) < 4.78 is 4.88. The number of thioether (sulfide) groups is 1. The molecule has 1 amide bonds. The van der Waals surface area contributed by atoms with E-state index in [1.807, 2.05) is 30.3 Å². The second kappa shape index (κ2) is 9.39. The van der Waals surface area contributed by atoms with Crippen LogP contribution in [0.5, 0.6) is 0 Å². The minimum absolute atomic E-state index is 0.238. The Hall–Kier alpha value is -1.53. The second-order valence-electron chi connectivity index (χ2n) is 4.19. The van der Waals surface area contributed by atoms with Crippen LogP contribution < -0.4 is 5.32 Å². The molecule has 0 aliphatic carbocycles. The maximum absolute atomic E-state index is 11.7. The van der Waals surface area contributed by atoms with Crippen LogP contribution in [0.15, 0.2) is 30.3 Å². The quantitative estimate of drug-likeness (QED) is 0.669. The predicted octanol–water partition coefficient (Wildman–Crippen LogP) is 1.18. The molecule has 0 aliphatic rings. The number of benzene rings is 1. The third kappa shape index (κ3) is 6.58. The number of carboxylic acids is 1. The van der Waals surface area contributed by atoms with Gasteiger partial charge in [0.25, 0.3) is 0 Å². The zero-order chi connectivity index (χ0) is 14.8. The normalized spacial score (nSPS) is 11.8. The number of ether oxygens (including phenoxy) is 1. The topological polar surface area (TPSA) is 75.6 Å². The Labute approximate surface area is 122 Å². The Morgan fingerprint density at radius 3 is 2.65 bits per heavy atom. The van der Waals surface area contributed by atoms with Crippen molar-refractivity contribution in [2.75, 3.05) is 25.2 Å². The van der Waals surface area contributed by atoms with Crippen molar-refractivity contribution in [2.24, 2.45) is 0 Å². The monoisotopic (exact) mass is 297 g/mol. The summed E-state index contributed by atoms with van der Waals surface area (Å²) in [4.78, 5) is 22.8. The molecule has 0 aliphatic heterocycles. The molecular formula is C14H19NO4S. The van der Waals surface area contributed by atoms with Crippen LogP contribution in [0.25, 0.3) is 0 Å². The van der Waals surface area contributed by atoms with Crippen LogP contribution in [0.4, 0.5) is 0 Å². The Morgan fingerprint density at radius 1 is 1.35 bits per heavy atom. The number of carbonyl (C=O) groups is 2. The number of carboxylic acid groups (broad SMARTS) is 1. The average molecular weight is 297 g/mol. The Bertz CT molecular complexity index is 424. The molecule has 0 saturated carbocycles. The van der Waals surface area contributed by atoms with E-state index in [0.29, 0.717) is 12.4 Å². The van der Waals surface area contributed by atoms with E-state index in [4.69, 9.17) is 9.84 Å². The van der Waals surface area contributed by atoms with Crippen molar-refractivity contribution in [3.8, 4) is 0 Å². The fraction of sp³-hybridized carbons (Fsp3) is 0.429. The number of hydrogen-bond donors (Lipinski definition) is 2. The molecule has 5 nitrogen and oxygen atoms in total. The van der Waals surface area contributed by atoms with E-state index < -0.39 is 12.0 Å². The van der Waals surface area contributed by atoms with Gasteiger partial charge < -0.3 is 15.2 Å². The highest BCUT2D eigenvalue weighted by Gasteiger charge is 2.20. The molecule has 1 atom stereocenters. The van der Waals surface area contributed by atoms with Gasteiger partial charge in [-0.25, -0.2) is 4.79 Å². The minimum Gasteiger partial charge on any atom is -0.480 e. The minimum atomic E-state index is -1.02. The number of nitrogens with one attached hydrogen (secondary N) is 1. The summed E-state index contributed by atoms with van der Waals surface area (Å²) in [6.45, 7) is 0.574. The van der Waals surface area contributed by atoms with Gasteiger partial charge in [0, 0.05) is 19.3 Å². The Morgan fingerprint density at radius 2 is 2.05 bits per heavy atom. The van der Waals surface area contributed by atoms with Crippen molar-refractivity contribution >= 4 is 23.6 Å². The molecule has 1 rings (SSSR count). The van der Waals surface area contributed by atoms with Crippen molar-refractivity contribution in [3.05, 3.63) is 35.9 Å². The average Bonchev–Trinajstić information content (AvgIpc) is 2.44. The predicted molar refractivity (Wildman–Crippen MR) is 78.9 cm³/mol. The van der Waals surface area contributed by atoms with E-state index in [9.17, 15) is 9.59 Å². The van der Waals surface area contributed by atoms with Gasteiger partial charge in [-0.3, -0.25) is 4.79 Å². The molecule has 2 N–H and O–H groups in total. The van der Waals surface area contributed by atoms with Gasteiger partial charge >= 0.3 is 5.97 Å². The molecule has 110 valence electrons. The van der Waals surface area contributed by atoms with Crippen LogP contribution in [-0.2, 0) is 20.7 Å². The van der Waals surface area contributed by atoms with Crippen LogP contribution in [0.3, 0.4) is 0 Å².